The van der Waals surface area contributed by atoms with Gasteiger partial charge >= 0.3 is 5.97 Å². The maximum Gasteiger partial charge on any atom is 0.329 e. The van der Waals surface area contributed by atoms with Crippen LogP contribution in [0, 0.1) is 11.3 Å². The molecule has 1 N–H and O–H groups in total. The number of nitrogens with zero attached hydrogens (tertiary/aromatic N) is 1. The molecule has 1 aliphatic heterocycles. The molecule has 1 aliphatic rings. The highest BCUT2D eigenvalue weighted by Crippen LogP contribution is 2.14. The third kappa shape index (κ3) is 9.85. The standard InChI is InChI=1S/C18H28N2O5/c1-2-3-9-16(21)20-15(18(22)25-14-11-19)8-4-6-12-23-17-10-5-7-13-24-17/h2,15,17H,1,3-10,12-14H2,(H,20,21)/t15-,17+/m0/s1. The summed E-state index contributed by atoms with van der Waals surface area (Å²) in [6.45, 7) is 4.54. The Kier molecular flexibility index (Phi) is 11.3. The van der Waals surface area contributed by atoms with E-state index >= 15 is 0 Å². The lowest BCUT2D eigenvalue weighted by molar-refractivity contribution is -0.163. The van der Waals surface area contributed by atoms with Crippen molar-refractivity contribution in [3.63, 3.8) is 0 Å². The average Bonchev–Trinajstić information content (AvgIpc) is 2.64. The van der Waals surface area contributed by atoms with Gasteiger partial charge in [0.05, 0.1) is 0 Å². The molecule has 0 unspecified atom stereocenters. The minimum Gasteiger partial charge on any atom is -0.449 e. The highest BCUT2D eigenvalue weighted by molar-refractivity contribution is 5.84. The van der Waals surface area contributed by atoms with Crippen molar-refractivity contribution in [3.05, 3.63) is 12.7 Å². The second kappa shape index (κ2) is 13.4. The van der Waals surface area contributed by atoms with E-state index in [1.54, 1.807) is 12.1 Å². The summed E-state index contributed by atoms with van der Waals surface area (Å²) in [6.07, 6.45) is 7.35. The van der Waals surface area contributed by atoms with E-state index in [-0.39, 0.29) is 25.2 Å². The number of amides is 1. The molecule has 7 nitrogen and oxygen atoms in total. The molecule has 2 atom stereocenters. The zero-order valence-corrected chi connectivity index (χ0v) is 14.7. The van der Waals surface area contributed by atoms with E-state index in [4.69, 9.17) is 19.5 Å². The van der Waals surface area contributed by atoms with Crippen LogP contribution in [0.4, 0.5) is 0 Å². The first-order chi connectivity index (χ1) is 12.2. The summed E-state index contributed by atoms with van der Waals surface area (Å²) in [7, 11) is 0. The molecule has 0 bridgehead atoms. The summed E-state index contributed by atoms with van der Waals surface area (Å²) in [5.74, 6) is -0.810. The Morgan fingerprint density at radius 1 is 1.40 bits per heavy atom. The molecule has 140 valence electrons. The van der Waals surface area contributed by atoms with Gasteiger partial charge in [-0.3, -0.25) is 4.79 Å². The molecule has 0 aromatic rings. The predicted octanol–water partition coefficient (Wildman–Crippen LogP) is 2.22. The molecule has 7 heteroatoms. The fourth-order valence-electron chi connectivity index (χ4n) is 2.46. The van der Waals surface area contributed by atoms with Crippen molar-refractivity contribution in [2.24, 2.45) is 0 Å². The molecule has 1 rings (SSSR count). The van der Waals surface area contributed by atoms with Crippen molar-refractivity contribution in [2.45, 2.75) is 63.7 Å². The molecule has 1 fully saturated rings. The van der Waals surface area contributed by atoms with E-state index in [1.807, 2.05) is 0 Å². The van der Waals surface area contributed by atoms with Crippen LogP contribution in [-0.2, 0) is 23.8 Å². The smallest absolute Gasteiger partial charge is 0.329 e. The topological polar surface area (TPSA) is 97.7 Å². The van der Waals surface area contributed by atoms with Crippen LogP contribution in [0.2, 0.25) is 0 Å². The fraction of sp³-hybridized carbons (Fsp3) is 0.722. The number of nitriles is 1. The summed E-state index contributed by atoms with van der Waals surface area (Å²) >= 11 is 0. The highest BCUT2D eigenvalue weighted by atomic mass is 16.7. The maximum absolute atomic E-state index is 12.0. The summed E-state index contributed by atoms with van der Waals surface area (Å²) in [5, 5.41) is 11.2. The van der Waals surface area contributed by atoms with Gasteiger partial charge in [-0.1, -0.05) is 6.08 Å². The second-order valence-electron chi connectivity index (χ2n) is 5.88. The van der Waals surface area contributed by atoms with Gasteiger partial charge in [-0.15, -0.1) is 6.58 Å². The van der Waals surface area contributed by atoms with Crippen molar-refractivity contribution in [1.82, 2.24) is 5.32 Å². The first-order valence-electron chi connectivity index (χ1n) is 8.84. The van der Waals surface area contributed by atoms with Gasteiger partial charge in [-0.05, 0) is 44.9 Å². The molecular formula is C18H28N2O5. The van der Waals surface area contributed by atoms with E-state index in [0.717, 1.165) is 32.3 Å². The number of allylic oxidation sites excluding steroid dienone is 1. The lowest BCUT2D eigenvalue weighted by atomic mass is 10.1. The molecule has 1 amide bonds. The molecule has 0 radical (unpaired) electrons. The third-order valence-corrected chi connectivity index (χ3v) is 3.80. The SMILES string of the molecule is C=CCCC(=O)N[C@@H](CCCCO[C@H]1CCCCO1)C(=O)OCC#N. The van der Waals surface area contributed by atoms with E-state index in [1.165, 1.54) is 0 Å². The molecule has 1 saturated heterocycles. The summed E-state index contributed by atoms with van der Waals surface area (Å²) < 4.78 is 16.0. The Morgan fingerprint density at radius 2 is 2.24 bits per heavy atom. The van der Waals surface area contributed by atoms with Crippen LogP contribution in [0.15, 0.2) is 12.7 Å². The van der Waals surface area contributed by atoms with Crippen molar-refractivity contribution in [1.29, 1.82) is 5.26 Å². The molecule has 1 heterocycles. The minimum absolute atomic E-state index is 0.122. The van der Waals surface area contributed by atoms with Gasteiger partial charge in [0.2, 0.25) is 5.91 Å². The number of nitrogens with one attached hydrogen (secondary N) is 1. The second-order valence-corrected chi connectivity index (χ2v) is 5.88. The molecule has 0 spiro atoms. The van der Waals surface area contributed by atoms with Crippen molar-refractivity contribution >= 4 is 11.9 Å². The van der Waals surface area contributed by atoms with Gasteiger partial charge in [0.25, 0.3) is 0 Å². The minimum atomic E-state index is -0.739. The lowest BCUT2D eigenvalue weighted by Crippen LogP contribution is -2.41. The van der Waals surface area contributed by atoms with E-state index in [2.05, 4.69) is 11.9 Å². The van der Waals surface area contributed by atoms with Crippen LogP contribution in [-0.4, -0.2) is 44.0 Å². The summed E-state index contributed by atoms with van der Waals surface area (Å²) in [5.41, 5.74) is 0. The number of ether oxygens (including phenoxy) is 3. The number of unbranched alkanes of at least 4 members (excludes halogenated alkanes) is 1. The van der Waals surface area contributed by atoms with Gasteiger partial charge < -0.3 is 19.5 Å². The van der Waals surface area contributed by atoms with Crippen LogP contribution in [0.5, 0.6) is 0 Å². The van der Waals surface area contributed by atoms with Gasteiger partial charge in [0.1, 0.15) is 12.1 Å². The van der Waals surface area contributed by atoms with Crippen molar-refractivity contribution < 1.29 is 23.8 Å². The average molecular weight is 352 g/mol. The molecule has 0 aromatic carbocycles. The van der Waals surface area contributed by atoms with Crippen molar-refractivity contribution in [2.75, 3.05) is 19.8 Å². The number of hydrogen-bond acceptors (Lipinski definition) is 6. The number of hydrogen-bond donors (Lipinski definition) is 1. The predicted molar refractivity (Wildman–Crippen MR) is 91.3 cm³/mol. The molecule has 0 aliphatic carbocycles. The highest BCUT2D eigenvalue weighted by Gasteiger charge is 2.22. The summed E-state index contributed by atoms with van der Waals surface area (Å²) in [4.78, 5) is 23.8. The maximum atomic E-state index is 12.0. The van der Waals surface area contributed by atoms with Gasteiger partial charge in [0, 0.05) is 19.6 Å². The molecule has 25 heavy (non-hydrogen) atoms. The van der Waals surface area contributed by atoms with Gasteiger partial charge in [-0.25, -0.2) is 4.79 Å². The van der Waals surface area contributed by atoms with Gasteiger partial charge in [-0.2, -0.15) is 5.26 Å². The number of esters is 1. The number of carbonyl (C=O) groups excluding carboxylic acids is 2. The van der Waals surface area contributed by atoms with Crippen LogP contribution in [0.25, 0.3) is 0 Å². The fourth-order valence-corrected chi connectivity index (χ4v) is 2.46. The van der Waals surface area contributed by atoms with Crippen LogP contribution >= 0.6 is 0 Å². The first-order valence-corrected chi connectivity index (χ1v) is 8.84. The van der Waals surface area contributed by atoms with E-state index in [9.17, 15) is 9.59 Å². The Labute approximate surface area is 149 Å². The van der Waals surface area contributed by atoms with Crippen LogP contribution in [0.1, 0.15) is 51.4 Å². The van der Waals surface area contributed by atoms with Crippen LogP contribution < -0.4 is 5.32 Å². The Hall–Kier alpha value is -1.91. The summed E-state index contributed by atoms with van der Waals surface area (Å²) in [6, 6.07) is 1.01. The third-order valence-electron chi connectivity index (χ3n) is 3.80. The monoisotopic (exact) mass is 352 g/mol. The normalized spacial score (nSPS) is 18.0. The quantitative estimate of drug-likeness (QED) is 0.328. The van der Waals surface area contributed by atoms with Crippen molar-refractivity contribution in [3.8, 4) is 6.07 Å². The Balaban J connectivity index is 2.30. The Morgan fingerprint density at radius 3 is 2.92 bits per heavy atom. The lowest BCUT2D eigenvalue weighted by Gasteiger charge is -2.22. The van der Waals surface area contributed by atoms with Gasteiger partial charge in [0.15, 0.2) is 12.9 Å². The molecule has 0 saturated carbocycles. The van der Waals surface area contributed by atoms with E-state index < -0.39 is 12.0 Å². The molecular weight excluding hydrogens is 324 g/mol. The number of rotatable bonds is 12. The Bertz CT molecular complexity index is 455. The molecule has 0 aromatic heterocycles. The first kappa shape index (κ1) is 21.1. The number of carbonyl (C=O) groups is 2. The van der Waals surface area contributed by atoms with E-state index in [0.29, 0.717) is 25.9 Å². The van der Waals surface area contributed by atoms with Crippen LogP contribution in [0.3, 0.4) is 0 Å². The zero-order chi connectivity index (χ0) is 18.3. The zero-order valence-electron chi connectivity index (χ0n) is 14.7. The largest absolute Gasteiger partial charge is 0.449 e.